The Bertz CT molecular complexity index is 857. The molecule has 27 heavy (non-hydrogen) atoms. The van der Waals surface area contributed by atoms with E-state index in [0.717, 1.165) is 25.1 Å². The van der Waals surface area contributed by atoms with Gasteiger partial charge in [-0.1, -0.05) is 18.2 Å². The molecule has 4 heteroatoms. The van der Waals surface area contributed by atoms with E-state index in [2.05, 4.69) is 54.4 Å². The first-order valence-electron chi connectivity index (χ1n) is 9.85. The van der Waals surface area contributed by atoms with E-state index in [-0.39, 0.29) is 11.8 Å². The maximum atomic E-state index is 9.95. The van der Waals surface area contributed by atoms with E-state index >= 15 is 0 Å². The molecule has 3 unspecified atom stereocenters. The van der Waals surface area contributed by atoms with Gasteiger partial charge in [0.15, 0.2) is 11.5 Å². The fraction of sp³-hybridized carbons (Fsp3) is 0.391. The zero-order valence-electron chi connectivity index (χ0n) is 16.3. The highest BCUT2D eigenvalue weighted by atomic mass is 16.5. The summed E-state index contributed by atoms with van der Waals surface area (Å²) >= 11 is 0. The van der Waals surface area contributed by atoms with Gasteiger partial charge in [-0.25, -0.2) is 0 Å². The van der Waals surface area contributed by atoms with Crippen molar-refractivity contribution in [2.24, 2.45) is 5.92 Å². The molecule has 1 heterocycles. The number of rotatable bonds is 5. The molecular formula is C23H28N2O2. The van der Waals surface area contributed by atoms with Crippen LogP contribution in [0.4, 0.5) is 11.4 Å². The molecule has 0 bridgehead atoms. The molecule has 0 fully saturated rings. The fourth-order valence-corrected chi connectivity index (χ4v) is 4.58. The number of allylic oxidation sites excluding steroid dienone is 2. The number of anilines is 2. The topological polar surface area (TPSA) is 44.7 Å². The van der Waals surface area contributed by atoms with Crippen molar-refractivity contribution in [1.82, 2.24) is 0 Å². The van der Waals surface area contributed by atoms with Crippen molar-refractivity contribution in [3.8, 4) is 11.5 Å². The summed E-state index contributed by atoms with van der Waals surface area (Å²) in [6.45, 7) is 6.44. The second kappa shape index (κ2) is 7.18. The van der Waals surface area contributed by atoms with Gasteiger partial charge in [0, 0.05) is 30.4 Å². The number of hydrogen-bond acceptors (Lipinski definition) is 4. The second-order valence-electron chi connectivity index (χ2n) is 7.35. The number of phenolic OH excluding ortho intramolecular Hbond substituents is 1. The van der Waals surface area contributed by atoms with Gasteiger partial charge in [-0.3, -0.25) is 0 Å². The van der Waals surface area contributed by atoms with E-state index in [0.29, 0.717) is 17.6 Å². The first-order chi connectivity index (χ1) is 13.2. The average Bonchev–Trinajstić information content (AvgIpc) is 3.19. The summed E-state index contributed by atoms with van der Waals surface area (Å²) in [5.41, 5.74) is 5.04. The van der Waals surface area contributed by atoms with Crippen molar-refractivity contribution in [1.29, 1.82) is 0 Å². The van der Waals surface area contributed by atoms with E-state index in [1.54, 1.807) is 13.2 Å². The Labute approximate surface area is 161 Å². The second-order valence-corrected chi connectivity index (χ2v) is 7.35. The Morgan fingerprint density at radius 3 is 2.70 bits per heavy atom. The third kappa shape index (κ3) is 3.03. The predicted octanol–water partition coefficient (Wildman–Crippen LogP) is 5.07. The van der Waals surface area contributed by atoms with Crippen LogP contribution < -0.4 is 15.0 Å². The minimum atomic E-state index is 0.183. The molecule has 2 N–H and O–H groups in total. The van der Waals surface area contributed by atoms with Crippen LogP contribution in [0.1, 0.15) is 43.4 Å². The number of fused-ring (bicyclic) bond motifs is 3. The van der Waals surface area contributed by atoms with Crippen molar-refractivity contribution in [3.63, 3.8) is 0 Å². The summed E-state index contributed by atoms with van der Waals surface area (Å²) in [6.07, 6.45) is 5.72. The minimum Gasteiger partial charge on any atom is -0.504 e. The first-order valence-corrected chi connectivity index (χ1v) is 9.85. The molecule has 2 aromatic carbocycles. The summed E-state index contributed by atoms with van der Waals surface area (Å²) in [5.74, 6) is 1.60. The standard InChI is InChI=1S/C23H28N2O2/c1-4-25(5-2)16-10-11-20-19(14-16)17-7-6-8-18(17)23(24-20)15-9-12-21(26)22(13-15)27-3/h6-7,9-14,17-18,23-24,26H,4-5,8H2,1-3H3. The van der Waals surface area contributed by atoms with Crippen LogP contribution in [0, 0.1) is 5.92 Å². The molecule has 0 spiro atoms. The van der Waals surface area contributed by atoms with Crippen molar-refractivity contribution >= 4 is 11.4 Å². The molecule has 0 radical (unpaired) electrons. The SMILES string of the molecule is CCN(CC)c1ccc2c(c1)C1C=CCC1C(c1ccc(O)c(OC)c1)N2. The van der Waals surface area contributed by atoms with E-state index < -0.39 is 0 Å². The molecule has 0 saturated carbocycles. The molecule has 0 aromatic heterocycles. The van der Waals surface area contributed by atoms with Crippen LogP contribution >= 0.6 is 0 Å². The molecule has 2 aromatic rings. The molecular weight excluding hydrogens is 336 g/mol. The number of benzene rings is 2. The molecule has 142 valence electrons. The lowest BCUT2D eigenvalue weighted by Crippen LogP contribution is -2.29. The Hall–Kier alpha value is -2.62. The number of ether oxygens (including phenoxy) is 1. The number of hydrogen-bond donors (Lipinski definition) is 2. The van der Waals surface area contributed by atoms with E-state index in [9.17, 15) is 5.11 Å². The Balaban J connectivity index is 1.72. The van der Waals surface area contributed by atoms with Crippen LogP contribution in [0.15, 0.2) is 48.6 Å². The van der Waals surface area contributed by atoms with E-state index in [1.807, 2.05) is 12.1 Å². The summed E-state index contributed by atoms with van der Waals surface area (Å²) in [4.78, 5) is 2.39. The number of nitrogens with zero attached hydrogens (tertiary/aromatic N) is 1. The van der Waals surface area contributed by atoms with Gasteiger partial charge >= 0.3 is 0 Å². The zero-order chi connectivity index (χ0) is 19.0. The van der Waals surface area contributed by atoms with Crippen molar-refractivity contribution < 1.29 is 9.84 Å². The van der Waals surface area contributed by atoms with Crippen LogP contribution in [0.3, 0.4) is 0 Å². The van der Waals surface area contributed by atoms with Gasteiger partial charge in [-0.05, 0) is 67.6 Å². The van der Waals surface area contributed by atoms with Crippen molar-refractivity contribution in [2.45, 2.75) is 32.2 Å². The highest BCUT2D eigenvalue weighted by Crippen LogP contribution is 2.51. The number of aromatic hydroxyl groups is 1. The number of methoxy groups -OCH3 is 1. The van der Waals surface area contributed by atoms with Gasteiger partial charge in [0.2, 0.25) is 0 Å². The van der Waals surface area contributed by atoms with Gasteiger partial charge in [0.05, 0.1) is 13.2 Å². The maximum Gasteiger partial charge on any atom is 0.160 e. The highest BCUT2D eigenvalue weighted by Gasteiger charge is 2.38. The normalized spacial score (nSPS) is 22.7. The zero-order valence-corrected chi connectivity index (χ0v) is 16.3. The summed E-state index contributed by atoms with van der Waals surface area (Å²) in [6, 6.07) is 12.7. The van der Waals surface area contributed by atoms with Crippen LogP contribution in [0.25, 0.3) is 0 Å². The smallest absolute Gasteiger partial charge is 0.160 e. The molecule has 3 atom stereocenters. The summed E-state index contributed by atoms with van der Waals surface area (Å²) in [5, 5.41) is 13.7. The Morgan fingerprint density at radius 2 is 1.96 bits per heavy atom. The lowest BCUT2D eigenvalue weighted by molar-refractivity contribution is 0.370. The van der Waals surface area contributed by atoms with Crippen LogP contribution in [-0.4, -0.2) is 25.3 Å². The maximum absolute atomic E-state index is 9.95. The quantitative estimate of drug-likeness (QED) is 0.727. The van der Waals surface area contributed by atoms with Gasteiger partial charge < -0.3 is 20.1 Å². The van der Waals surface area contributed by atoms with Gasteiger partial charge in [-0.15, -0.1) is 0 Å². The summed E-state index contributed by atoms with van der Waals surface area (Å²) in [7, 11) is 1.59. The number of nitrogens with one attached hydrogen (secondary N) is 1. The van der Waals surface area contributed by atoms with Crippen molar-refractivity contribution in [3.05, 3.63) is 59.7 Å². The Kier molecular flexibility index (Phi) is 4.73. The highest BCUT2D eigenvalue weighted by molar-refractivity contribution is 5.66. The lowest BCUT2D eigenvalue weighted by Gasteiger charge is -2.38. The molecule has 1 aliphatic heterocycles. The van der Waals surface area contributed by atoms with E-state index in [1.165, 1.54) is 16.9 Å². The van der Waals surface area contributed by atoms with Gasteiger partial charge in [-0.2, -0.15) is 0 Å². The predicted molar refractivity (Wildman–Crippen MR) is 111 cm³/mol. The molecule has 0 saturated heterocycles. The van der Waals surface area contributed by atoms with Gasteiger partial charge in [0.1, 0.15) is 0 Å². The van der Waals surface area contributed by atoms with E-state index in [4.69, 9.17) is 4.74 Å². The van der Waals surface area contributed by atoms with Crippen molar-refractivity contribution in [2.75, 3.05) is 30.4 Å². The lowest BCUT2D eigenvalue weighted by atomic mass is 9.77. The molecule has 2 aliphatic rings. The minimum absolute atomic E-state index is 0.183. The largest absolute Gasteiger partial charge is 0.504 e. The average molecular weight is 364 g/mol. The molecule has 1 aliphatic carbocycles. The molecule has 0 amide bonds. The monoisotopic (exact) mass is 364 g/mol. The molecule has 4 nitrogen and oxygen atoms in total. The first kappa shape index (κ1) is 17.8. The van der Waals surface area contributed by atoms with Crippen LogP contribution in [0.2, 0.25) is 0 Å². The third-order valence-corrected chi connectivity index (χ3v) is 6.04. The van der Waals surface area contributed by atoms with Gasteiger partial charge in [0.25, 0.3) is 0 Å². The van der Waals surface area contributed by atoms with Crippen LogP contribution in [-0.2, 0) is 0 Å². The fourth-order valence-electron chi connectivity index (χ4n) is 4.58. The Morgan fingerprint density at radius 1 is 1.15 bits per heavy atom. The van der Waals surface area contributed by atoms with Crippen LogP contribution in [0.5, 0.6) is 11.5 Å². The molecule has 4 rings (SSSR count). The summed E-state index contributed by atoms with van der Waals surface area (Å²) < 4.78 is 5.33. The third-order valence-electron chi connectivity index (χ3n) is 6.04. The number of phenols is 1.